The summed E-state index contributed by atoms with van der Waals surface area (Å²) in [6.45, 7) is 12.7. The first-order chi connectivity index (χ1) is 11.7. The Bertz CT molecular complexity index is 855. The van der Waals surface area contributed by atoms with Crippen molar-refractivity contribution in [1.29, 1.82) is 0 Å². The van der Waals surface area contributed by atoms with Gasteiger partial charge in [0.1, 0.15) is 6.54 Å². The van der Waals surface area contributed by atoms with Gasteiger partial charge in [-0.25, -0.2) is 0 Å². The maximum absolute atomic E-state index is 12.8. The summed E-state index contributed by atoms with van der Waals surface area (Å²) < 4.78 is 0. The summed E-state index contributed by atoms with van der Waals surface area (Å²) in [7, 11) is 0. The molecule has 0 aromatic heterocycles. The number of amides is 1. The molecule has 0 aliphatic carbocycles. The zero-order valence-corrected chi connectivity index (χ0v) is 16.5. The Morgan fingerprint density at radius 2 is 1.16 bits per heavy atom. The van der Waals surface area contributed by atoms with Gasteiger partial charge in [-0.05, 0) is 76.0 Å². The minimum absolute atomic E-state index is 0.0272. The number of nitrogens with zero attached hydrogens (tertiary/aromatic N) is 2. The summed E-state index contributed by atoms with van der Waals surface area (Å²) in [6.07, 6.45) is 0. The first kappa shape index (κ1) is 17.6. The molecule has 1 saturated heterocycles. The predicted molar refractivity (Wildman–Crippen MR) is 109 cm³/mol. The second-order valence-corrected chi connectivity index (χ2v) is 7.46. The average molecular weight is 353 g/mol. The summed E-state index contributed by atoms with van der Waals surface area (Å²) >= 11 is 5.74. The maximum Gasteiger partial charge on any atom is 0.253 e. The van der Waals surface area contributed by atoms with E-state index in [0.29, 0.717) is 5.11 Å². The quantitative estimate of drug-likeness (QED) is 0.734. The first-order valence-corrected chi connectivity index (χ1v) is 8.91. The molecule has 0 saturated carbocycles. The number of carbonyl (C=O) groups excluding carboxylic acids is 1. The van der Waals surface area contributed by atoms with Crippen molar-refractivity contribution in [2.45, 2.75) is 41.5 Å². The molecule has 25 heavy (non-hydrogen) atoms. The van der Waals surface area contributed by atoms with Gasteiger partial charge in [0.25, 0.3) is 5.91 Å². The van der Waals surface area contributed by atoms with Gasteiger partial charge in [0.05, 0.1) is 5.69 Å². The topological polar surface area (TPSA) is 23.6 Å². The molecule has 0 radical (unpaired) electrons. The average Bonchev–Trinajstić information content (AvgIpc) is 2.73. The normalized spacial score (nSPS) is 14.6. The van der Waals surface area contributed by atoms with Gasteiger partial charge in [-0.1, -0.05) is 35.4 Å². The summed E-state index contributed by atoms with van der Waals surface area (Å²) in [5.74, 6) is 0.0272. The van der Waals surface area contributed by atoms with Gasteiger partial charge in [0, 0.05) is 5.69 Å². The zero-order valence-electron chi connectivity index (χ0n) is 15.7. The highest BCUT2D eigenvalue weighted by Crippen LogP contribution is 2.34. The molecule has 3 nitrogen and oxygen atoms in total. The van der Waals surface area contributed by atoms with E-state index in [0.717, 1.165) is 33.6 Å². The highest BCUT2D eigenvalue weighted by atomic mass is 32.1. The van der Waals surface area contributed by atoms with Crippen LogP contribution < -0.4 is 9.80 Å². The Balaban J connectivity index is 2.08. The molecule has 2 aromatic carbocycles. The third kappa shape index (κ3) is 2.95. The minimum Gasteiger partial charge on any atom is -0.308 e. The smallest absolute Gasteiger partial charge is 0.253 e. The fourth-order valence-electron chi connectivity index (χ4n) is 4.02. The van der Waals surface area contributed by atoms with Gasteiger partial charge in [0.2, 0.25) is 0 Å². The molecule has 1 heterocycles. The van der Waals surface area contributed by atoms with Crippen LogP contribution in [0.1, 0.15) is 33.4 Å². The summed E-state index contributed by atoms with van der Waals surface area (Å²) in [4.78, 5) is 16.5. The predicted octanol–water partition coefficient (Wildman–Crippen LogP) is 4.68. The molecule has 2 aromatic rings. The largest absolute Gasteiger partial charge is 0.308 e. The van der Waals surface area contributed by atoms with Crippen molar-refractivity contribution >= 4 is 34.6 Å². The molecule has 0 bridgehead atoms. The Labute approximate surface area is 155 Å². The molecular formula is C21H24N2OS. The van der Waals surface area contributed by atoms with Gasteiger partial charge in [-0.15, -0.1) is 0 Å². The summed E-state index contributed by atoms with van der Waals surface area (Å²) in [6, 6.07) is 8.48. The minimum atomic E-state index is 0.0272. The van der Waals surface area contributed by atoms with Crippen molar-refractivity contribution in [2.75, 3.05) is 16.3 Å². The molecule has 4 heteroatoms. The molecule has 0 atom stereocenters. The number of hydrogen-bond acceptors (Lipinski definition) is 2. The Hall–Kier alpha value is -2.20. The number of thiocarbonyl (C=S) groups is 1. The monoisotopic (exact) mass is 352 g/mol. The number of rotatable bonds is 2. The lowest BCUT2D eigenvalue weighted by molar-refractivity contribution is -0.115. The van der Waals surface area contributed by atoms with E-state index in [1.54, 1.807) is 4.90 Å². The standard InChI is InChI=1S/C21H24N2OS/c1-12-7-14(3)19(15(4)8-12)22-11-18(24)23(21(22)25)20-16(5)9-13(2)10-17(20)6/h7-10H,11H2,1-6H3. The summed E-state index contributed by atoms with van der Waals surface area (Å²) in [5, 5.41) is 0.565. The van der Waals surface area contributed by atoms with Crippen LogP contribution in [0.5, 0.6) is 0 Å². The first-order valence-electron chi connectivity index (χ1n) is 8.51. The fraction of sp³-hybridized carbons (Fsp3) is 0.333. The van der Waals surface area contributed by atoms with Gasteiger partial charge >= 0.3 is 0 Å². The molecule has 1 amide bonds. The highest BCUT2D eigenvalue weighted by Gasteiger charge is 2.37. The lowest BCUT2D eigenvalue weighted by atomic mass is 10.0. The molecule has 1 fully saturated rings. The second kappa shape index (κ2) is 6.26. The lowest BCUT2D eigenvalue weighted by Gasteiger charge is -2.26. The van der Waals surface area contributed by atoms with Crippen LogP contribution in [0.3, 0.4) is 0 Å². The molecule has 0 spiro atoms. The molecule has 0 unspecified atom stereocenters. The number of carbonyl (C=O) groups is 1. The van der Waals surface area contributed by atoms with E-state index in [2.05, 4.69) is 52.0 Å². The number of anilines is 2. The van der Waals surface area contributed by atoms with Crippen molar-refractivity contribution < 1.29 is 4.79 Å². The Kier molecular flexibility index (Phi) is 4.41. The van der Waals surface area contributed by atoms with Crippen LogP contribution in [-0.2, 0) is 4.79 Å². The Morgan fingerprint density at radius 1 is 0.760 bits per heavy atom. The van der Waals surface area contributed by atoms with E-state index < -0.39 is 0 Å². The van der Waals surface area contributed by atoms with E-state index in [1.807, 2.05) is 18.7 Å². The number of aryl methyl sites for hydroxylation is 6. The van der Waals surface area contributed by atoms with Gasteiger partial charge in [-0.2, -0.15) is 0 Å². The molecule has 1 aliphatic heterocycles. The number of hydrogen-bond donors (Lipinski definition) is 0. The van der Waals surface area contributed by atoms with Crippen molar-refractivity contribution in [1.82, 2.24) is 0 Å². The molecule has 0 N–H and O–H groups in total. The molecule has 1 aliphatic rings. The van der Waals surface area contributed by atoms with Crippen LogP contribution in [0.4, 0.5) is 11.4 Å². The fourth-order valence-corrected chi connectivity index (χ4v) is 4.37. The molecular weight excluding hydrogens is 328 g/mol. The van der Waals surface area contributed by atoms with E-state index in [1.165, 1.54) is 11.1 Å². The van der Waals surface area contributed by atoms with Crippen LogP contribution in [0.2, 0.25) is 0 Å². The SMILES string of the molecule is Cc1cc(C)c(N2CC(=O)N(c3c(C)cc(C)cc3C)C2=S)c(C)c1. The van der Waals surface area contributed by atoms with Gasteiger partial charge < -0.3 is 4.90 Å². The van der Waals surface area contributed by atoms with Crippen LogP contribution in [0.25, 0.3) is 0 Å². The van der Waals surface area contributed by atoms with Crippen LogP contribution in [0.15, 0.2) is 24.3 Å². The van der Waals surface area contributed by atoms with Crippen molar-refractivity contribution in [3.63, 3.8) is 0 Å². The van der Waals surface area contributed by atoms with Crippen LogP contribution >= 0.6 is 12.2 Å². The number of benzene rings is 2. The van der Waals surface area contributed by atoms with Crippen molar-refractivity contribution in [3.8, 4) is 0 Å². The second-order valence-electron chi connectivity index (χ2n) is 7.09. The third-order valence-electron chi connectivity index (χ3n) is 4.73. The van der Waals surface area contributed by atoms with E-state index >= 15 is 0 Å². The van der Waals surface area contributed by atoms with E-state index in [9.17, 15) is 4.79 Å². The highest BCUT2D eigenvalue weighted by molar-refractivity contribution is 7.81. The van der Waals surface area contributed by atoms with E-state index in [4.69, 9.17) is 12.2 Å². The maximum atomic E-state index is 12.8. The van der Waals surface area contributed by atoms with E-state index in [-0.39, 0.29) is 12.5 Å². The third-order valence-corrected chi connectivity index (χ3v) is 5.13. The Morgan fingerprint density at radius 3 is 1.60 bits per heavy atom. The molecule has 130 valence electrons. The molecule has 3 rings (SSSR count). The summed E-state index contributed by atoms with van der Waals surface area (Å²) in [5.41, 5.74) is 8.83. The van der Waals surface area contributed by atoms with Crippen LogP contribution in [0, 0.1) is 41.5 Å². The van der Waals surface area contributed by atoms with Crippen molar-refractivity contribution in [2.24, 2.45) is 0 Å². The lowest BCUT2D eigenvalue weighted by Crippen LogP contribution is -2.34. The van der Waals surface area contributed by atoms with Crippen LogP contribution in [-0.4, -0.2) is 17.6 Å². The van der Waals surface area contributed by atoms with Crippen molar-refractivity contribution in [3.05, 3.63) is 57.6 Å². The van der Waals surface area contributed by atoms with Gasteiger partial charge in [0.15, 0.2) is 5.11 Å². The van der Waals surface area contributed by atoms with Gasteiger partial charge in [-0.3, -0.25) is 9.69 Å². The zero-order chi connectivity index (χ0) is 18.5.